The van der Waals surface area contributed by atoms with Crippen LogP contribution >= 0.6 is 55.4 Å². The van der Waals surface area contributed by atoms with Crippen LogP contribution in [0, 0.1) is 6.92 Å². The first-order chi connectivity index (χ1) is 9.70. The van der Waals surface area contributed by atoms with Gasteiger partial charge in [-0.2, -0.15) is 0 Å². The molecule has 0 atom stereocenters. The van der Waals surface area contributed by atoms with Crippen LogP contribution in [-0.4, -0.2) is 13.4 Å². The summed E-state index contributed by atoms with van der Waals surface area (Å²) in [6.07, 6.45) is 0. The first-order valence-electron chi connectivity index (χ1n) is 5.59. The minimum absolute atomic E-state index is 0.247. The molecule has 9 heteroatoms. The average Bonchev–Trinajstić information content (AvgIpc) is 2.72. The van der Waals surface area contributed by atoms with Gasteiger partial charge in [0.15, 0.2) is 0 Å². The maximum Gasteiger partial charge on any atom is 0.271 e. The summed E-state index contributed by atoms with van der Waals surface area (Å²) in [5.74, 6) is 0. The van der Waals surface area contributed by atoms with Crippen LogP contribution in [0.25, 0.3) is 0 Å². The molecule has 3 N–H and O–H groups in total. The van der Waals surface area contributed by atoms with Crippen molar-refractivity contribution in [3.63, 3.8) is 0 Å². The van der Waals surface area contributed by atoms with Crippen molar-refractivity contribution in [2.24, 2.45) is 5.73 Å². The summed E-state index contributed by atoms with van der Waals surface area (Å²) in [4.78, 5) is 0.253. The van der Waals surface area contributed by atoms with E-state index in [4.69, 9.17) is 18.0 Å². The number of thiocarbonyl (C=S) groups is 1. The lowest BCUT2D eigenvalue weighted by molar-refractivity contribution is 0.603. The number of aryl methyl sites for hydroxylation is 1. The predicted molar refractivity (Wildman–Crippen MR) is 97.6 cm³/mol. The van der Waals surface area contributed by atoms with Gasteiger partial charge in [-0.05, 0) is 68.6 Å². The standard InChI is InChI=1S/C12H10Br2N2O2S3/c1-6-4-10(20-11(6)14)21(17,18)16-9-3-2-7(12(15)19)5-8(9)13/h2-5,16H,1H3,(H2,15,19). The zero-order valence-electron chi connectivity index (χ0n) is 10.7. The van der Waals surface area contributed by atoms with Crippen molar-refractivity contribution >= 4 is 76.1 Å². The second kappa shape index (κ2) is 6.33. The maximum absolute atomic E-state index is 12.3. The van der Waals surface area contributed by atoms with Crippen LogP contribution in [0.5, 0.6) is 0 Å². The second-order valence-electron chi connectivity index (χ2n) is 4.19. The molecule has 0 amide bonds. The minimum Gasteiger partial charge on any atom is -0.389 e. The van der Waals surface area contributed by atoms with Crippen LogP contribution in [0.4, 0.5) is 5.69 Å². The van der Waals surface area contributed by atoms with Gasteiger partial charge in [0.2, 0.25) is 0 Å². The third-order valence-corrected chi connectivity index (χ3v) is 7.46. The number of halogens is 2. The third-order valence-electron chi connectivity index (χ3n) is 2.60. The summed E-state index contributed by atoms with van der Waals surface area (Å²) in [7, 11) is -3.63. The van der Waals surface area contributed by atoms with Gasteiger partial charge in [0.25, 0.3) is 10.0 Å². The molecule has 2 rings (SSSR count). The van der Waals surface area contributed by atoms with Gasteiger partial charge in [-0.25, -0.2) is 8.42 Å². The molecule has 0 radical (unpaired) electrons. The number of nitrogens with two attached hydrogens (primary N) is 1. The van der Waals surface area contributed by atoms with Crippen LogP contribution in [0.3, 0.4) is 0 Å². The highest BCUT2D eigenvalue weighted by atomic mass is 79.9. The molecule has 0 unspecified atom stereocenters. The zero-order valence-corrected chi connectivity index (χ0v) is 16.3. The van der Waals surface area contributed by atoms with Crippen molar-refractivity contribution in [2.45, 2.75) is 11.1 Å². The van der Waals surface area contributed by atoms with Crippen molar-refractivity contribution in [3.05, 3.63) is 43.7 Å². The summed E-state index contributed by atoms with van der Waals surface area (Å²) in [5, 5.41) is 0. The van der Waals surface area contributed by atoms with Crippen molar-refractivity contribution < 1.29 is 8.42 Å². The van der Waals surface area contributed by atoms with Gasteiger partial charge in [-0.3, -0.25) is 4.72 Å². The number of hydrogen-bond acceptors (Lipinski definition) is 4. The van der Waals surface area contributed by atoms with Gasteiger partial charge in [-0.1, -0.05) is 12.2 Å². The van der Waals surface area contributed by atoms with Crippen molar-refractivity contribution in [2.75, 3.05) is 4.72 Å². The van der Waals surface area contributed by atoms with E-state index in [1.54, 1.807) is 24.3 Å². The van der Waals surface area contributed by atoms with Crippen molar-refractivity contribution in [3.8, 4) is 0 Å². The zero-order chi connectivity index (χ0) is 15.8. The molecule has 0 bridgehead atoms. The summed E-state index contributed by atoms with van der Waals surface area (Å²) in [5.41, 5.74) is 7.51. The lowest BCUT2D eigenvalue weighted by atomic mass is 10.2. The van der Waals surface area contributed by atoms with Crippen molar-refractivity contribution in [1.29, 1.82) is 0 Å². The van der Waals surface area contributed by atoms with Crippen LogP contribution < -0.4 is 10.5 Å². The SMILES string of the molecule is Cc1cc(S(=O)(=O)Nc2ccc(C(N)=S)cc2Br)sc1Br. The second-order valence-corrected chi connectivity index (χ2v) is 9.76. The van der Waals surface area contributed by atoms with E-state index in [1.165, 1.54) is 0 Å². The van der Waals surface area contributed by atoms with Gasteiger partial charge in [0, 0.05) is 10.0 Å². The number of thiophene rings is 1. The molecule has 0 saturated heterocycles. The molecular weight excluding hydrogens is 460 g/mol. The Bertz CT molecular complexity index is 796. The van der Waals surface area contributed by atoms with Crippen LogP contribution in [0.1, 0.15) is 11.1 Å². The third kappa shape index (κ3) is 3.84. The van der Waals surface area contributed by atoms with Gasteiger partial charge in [0.05, 0.1) is 9.47 Å². The topological polar surface area (TPSA) is 72.2 Å². The quantitative estimate of drug-likeness (QED) is 0.663. The van der Waals surface area contributed by atoms with Crippen LogP contribution in [-0.2, 0) is 10.0 Å². The Morgan fingerprint density at radius 1 is 1.33 bits per heavy atom. The number of nitrogens with one attached hydrogen (secondary N) is 1. The first kappa shape index (κ1) is 16.9. The number of rotatable bonds is 4. The van der Waals surface area contributed by atoms with Gasteiger partial charge in [0.1, 0.15) is 9.20 Å². The Morgan fingerprint density at radius 2 is 2.00 bits per heavy atom. The fourth-order valence-electron chi connectivity index (χ4n) is 1.51. The molecule has 2 aromatic rings. The summed E-state index contributed by atoms with van der Waals surface area (Å²) < 4.78 is 28.8. The molecule has 0 fully saturated rings. The normalized spacial score (nSPS) is 11.4. The summed E-state index contributed by atoms with van der Waals surface area (Å²) >= 11 is 12.7. The molecule has 0 saturated carbocycles. The van der Waals surface area contributed by atoms with E-state index in [1.807, 2.05) is 6.92 Å². The Morgan fingerprint density at radius 3 is 2.48 bits per heavy atom. The van der Waals surface area contributed by atoms with Gasteiger partial charge in [-0.15, -0.1) is 11.3 Å². The summed E-state index contributed by atoms with van der Waals surface area (Å²) in [6, 6.07) is 6.58. The highest BCUT2D eigenvalue weighted by molar-refractivity contribution is 9.11. The molecule has 4 nitrogen and oxygen atoms in total. The van der Waals surface area contributed by atoms with E-state index >= 15 is 0 Å². The largest absolute Gasteiger partial charge is 0.389 e. The Hall–Kier alpha value is -0.480. The van der Waals surface area contributed by atoms with E-state index in [0.717, 1.165) is 20.7 Å². The molecule has 0 aliphatic carbocycles. The van der Waals surface area contributed by atoms with Gasteiger partial charge < -0.3 is 5.73 Å². The molecule has 1 aromatic carbocycles. The van der Waals surface area contributed by atoms with Gasteiger partial charge >= 0.3 is 0 Å². The fraction of sp³-hybridized carbons (Fsp3) is 0.0833. The number of sulfonamides is 1. The predicted octanol–water partition coefficient (Wildman–Crippen LogP) is 4.02. The Balaban J connectivity index is 2.35. The van der Waals surface area contributed by atoms with E-state index in [0.29, 0.717) is 15.7 Å². The molecule has 0 spiro atoms. The molecule has 1 heterocycles. The van der Waals surface area contributed by atoms with E-state index < -0.39 is 10.0 Å². The molecule has 21 heavy (non-hydrogen) atoms. The highest BCUT2D eigenvalue weighted by Gasteiger charge is 2.19. The Kier molecular flexibility index (Phi) is 5.09. The highest BCUT2D eigenvalue weighted by Crippen LogP contribution is 2.33. The Labute approximate surface area is 149 Å². The van der Waals surface area contributed by atoms with E-state index in [-0.39, 0.29) is 9.20 Å². The van der Waals surface area contributed by atoms with E-state index in [9.17, 15) is 8.42 Å². The lowest BCUT2D eigenvalue weighted by Gasteiger charge is -2.09. The molecular formula is C12H10Br2N2O2S3. The fourth-order valence-corrected chi connectivity index (χ4v) is 5.55. The van der Waals surface area contributed by atoms with E-state index in [2.05, 4.69) is 36.6 Å². The molecule has 1 aromatic heterocycles. The molecule has 0 aliphatic rings. The first-order valence-corrected chi connectivity index (χ1v) is 9.88. The molecule has 112 valence electrons. The van der Waals surface area contributed by atoms with Crippen molar-refractivity contribution in [1.82, 2.24) is 0 Å². The van der Waals surface area contributed by atoms with Crippen LogP contribution in [0.15, 0.2) is 36.7 Å². The monoisotopic (exact) mass is 468 g/mol. The molecule has 0 aliphatic heterocycles. The average molecular weight is 470 g/mol. The summed E-state index contributed by atoms with van der Waals surface area (Å²) in [6.45, 7) is 1.84. The number of benzene rings is 1. The van der Waals surface area contributed by atoms with Crippen LogP contribution in [0.2, 0.25) is 0 Å². The lowest BCUT2D eigenvalue weighted by Crippen LogP contribution is -2.13. The minimum atomic E-state index is -3.63. The maximum atomic E-state index is 12.3. The number of hydrogen-bond donors (Lipinski definition) is 2. The smallest absolute Gasteiger partial charge is 0.271 e. The number of anilines is 1.